The Bertz CT molecular complexity index is 746. The molecule has 0 saturated carbocycles. The van der Waals surface area contributed by atoms with Gasteiger partial charge in [-0.1, -0.05) is 6.07 Å². The van der Waals surface area contributed by atoms with Gasteiger partial charge in [0.25, 0.3) is 0 Å². The van der Waals surface area contributed by atoms with E-state index in [0.717, 1.165) is 17.1 Å². The summed E-state index contributed by atoms with van der Waals surface area (Å²) >= 11 is 0. The minimum atomic E-state index is -0.0227. The highest BCUT2D eigenvalue weighted by atomic mass is 16.7. The number of benzene rings is 2. The molecule has 0 spiro atoms. The maximum atomic E-state index is 12.2. The van der Waals surface area contributed by atoms with Crippen molar-refractivity contribution in [2.75, 3.05) is 25.7 Å². The predicted octanol–water partition coefficient (Wildman–Crippen LogP) is 2.37. The first kappa shape index (κ1) is 16.1. The number of nitrogens with one attached hydrogen (secondary N) is 1. The molecule has 2 aromatic carbocycles. The van der Waals surface area contributed by atoms with Crippen LogP contribution < -0.4 is 25.3 Å². The molecule has 6 nitrogen and oxygen atoms in total. The number of carbonyl (C=O) groups excluding carboxylic acids is 1. The van der Waals surface area contributed by atoms with Crippen molar-refractivity contribution in [3.8, 4) is 17.2 Å². The molecule has 0 bridgehead atoms. The summed E-state index contributed by atoms with van der Waals surface area (Å²) in [6.07, 6.45) is 0. The minimum Gasteiger partial charge on any atom is -0.492 e. The van der Waals surface area contributed by atoms with E-state index in [4.69, 9.17) is 19.9 Å². The maximum absolute atomic E-state index is 12.2. The lowest BCUT2D eigenvalue weighted by atomic mass is 10.1. The van der Waals surface area contributed by atoms with Gasteiger partial charge in [0.15, 0.2) is 17.3 Å². The molecule has 0 fully saturated rings. The van der Waals surface area contributed by atoms with Gasteiger partial charge in [0.2, 0.25) is 6.79 Å². The van der Waals surface area contributed by atoms with Crippen molar-refractivity contribution in [3.63, 3.8) is 0 Å². The summed E-state index contributed by atoms with van der Waals surface area (Å²) < 4.78 is 16.0. The van der Waals surface area contributed by atoms with E-state index in [1.54, 1.807) is 18.2 Å². The number of fused-ring (bicyclic) bond motifs is 1. The van der Waals surface area contributed by atoms with E-state index in [2.05, 4.69) is 5.32 Å². The van der Waals surface area contributed by atoms with Crippen molar-refractivity contribution >= 4 is 11.5 Å². The molecule has 0 aliphatic carbocycles. The molecule has 0 atom stereocenters. The van der Waals surface area contributed by atoms with E-state index >= 15 is 0 Å². The number of hydrogen-bond acceptors (Lipinski definition) is 6. The van der Waals surface area contributed by atoms with Gasteiger partial charge in [-0.2, -0.15) is 0 Å². The van der Waals surface area contributed by atoms with Crippen molar-refractivity contribution in [1.82, 2.24) is 5.32 Å². The Kier molecular flexibility index (Phi) is 4.86. The van der Waals surface area contributed by atoms with E-state index in [1.165, 1.54) is 0 Å². The van der Waals surface area contributed by atoms with Crippen LogP contribution in [0.25, 0.3) is 0 Å². The Labute approximate surface area is 140 Å². The third-order valence-electron chi connectivity index (χ3n) is 3.68. The number of ether oxygens (including phenoxy) is 3. The Morgan fingerprint density at radius 1 is 1.21 bits per heavy atom. The van der Waals surface area contributed by atoms with Crippen LogP contribution in [-0.4, -0.2) is 25.7 Å². The highest BCUT2D eigenvalue weighted by Gasteiger charge is 2.13. The Balaban J connectivity index is 1.55. The average Bonchev–Trinajstić information content (AvgIpc) is 3.04. The number of carbonyl (C=O) groups is 1. The van der Waals surface area contributed by atoms with Crippen LogP contribution in [-0.2, 0) is 6.54 Å². The molecule has 2 aromatic rings. The van der Waals surface area contributed by atoms with Crippen molar-refractivity contribution in [2.45, 2.75) is 13.5 Å². The van der Waals surface area contributed by atoms with Crippen molar-refractivity contribution in [3.05, 3.63) is 47.5 Å². The molecule has 0 radical (unpaired) electrons. The molecule has 126 valence electrons. The molecule has 0 saturated heterocycles. The van der Waals surface area contributed by atoms with Crippen LogP contribution in [0.1, 0.15) is 22.8 Å². The fourth-order valence-corrected chi connectivity index (χ4v) is 2.48. The number of anilines is 1. The third-order valence-corrected chi connectivity index (χ3v) is 3.68. The molecule has 1 aliphatic heterocycles. The summed E-state index contributed by atoms with van der Waals surface area (Å²) in [5.74, 6) is 2.06. The average molecular weight is 328 g/mol. The van der Waals surface area contributed by atoms with Crippen molar-refractivity contribution in [2.24, 2.45) is 0 Å². The largest absolute Gasteiger partial charge is 0.492 e. The van der Waals surface area contributed by atoms with Gasteiger partial charge >= 0.3 is 0 Å². The lowest BCUT2D eigenvalue weighted by Crippen LogP contribution is -2.22. The molecular formula is C18H20N2O4. The lowest BCUT2D eigenvalue weighted by Gasteiger charge is -2.09. The number of nitrogens with two attached hydrogens (primary N) is 1. The highest BCUT2D eigenvalue weighted by molar-refractivity contribution is 5.98. The normalized spacial score (nSPS) is 12.2. The number of hydrogen-bond donors (Lipinski definition) is 2. The fraction of sp³-hybridized carbons (Fsp3) is 0.278. The Morgan fingerprint density at radius 3 is 2.83 bits per heavy atom. The zero-order chi connectivity index (χ0) is 16.9. The zero-order valence-electron chi connectivity index (χ0n) is 13.5. The molecule has 3 N–H and O–H groups in total. The molecule has 3 rings (SSSR count). The molecule has 0 amide bonds. The Morgan fingerprint density at radius 2 is 2.04 bits per heavy atom. The molecule has 0 unspecified atom stereocenters. The first-order valence-electron chi connectivity index (χ1n) is 7.82. The van der Waals surface area contributed by atoms with Gasteiger partial charge in [-0.05, 0) is 42.8 Å². The molecule has 6 heteroatoms. The summed E-state index contributed by atoms with van der Waals surface area (Å²) in [6, 6.07) is 10.8. The van der Waals surface area contributed by atoms with Gasteiger partial charge in [0.05, 0.1) is 18.8 Å². The van der Waals surface area contributed by atoms with Crippen LogP contribution in [0.2, 0.25) is 0 Å². The van der Waals surface area contributed by atoms with Crippen LogP contribution in [0.15, 0.2) is 36.4 Å². The SMILES string of the molecule is CCOc1ccc(C(=O)CNCc2ccc3c(c2)OCO3)cc1N. The zero-order valence-corrected chi connectivity index (χ0v) is 13.5. The standard InChI is InChI=1S/C18H20N2O4/c1-2-22-16-6-4-13(8-14(16)19)15(21)10-20-9-12-3-5-17-18(7-12)24-11-23-17/h3-8,20H,2,9-11,19H2,1H3. The second kappa shape index (κ2) is 7.23. The first-order chi connectivity index (χ1) is 11.7. The summed E-state index contributed by atoms with van der Waals surface area (Å²) in [7, 11) is 0. The lowest BCUT2D eigenvalue weighted by molar-refractivity contribution is 0.0991. The van der Waals surface area contributed by atoms with Gasteiger partial charge < -0.3 is 25.3 Å². The molecule has 1 heterocycles. The van der Waals surface area contributed by atoms with Crippen molar-refractivity contribution in [1.29, 1.82) is 0 Å². The predicted molar refractivity (Wildman–Crippen MR) is 90.6 cm³/mol. The van der Waals surface area contributed by atoms with E-state index in [1.807, 2.05) is 25.1 Å². The number of ketones is 1. The van der Waals surface area contributed by atoms with Gasteiger partial charge in [0.1, 0.15) is 5.75 Å². The number of Topliss-reactive ketones (excluding diaryl/α,β-unsaturated/α-hetero) is 1. The van der Waals surface area contributed by atoms with Crippen LogP contribution in [0, 0.1) is 0 Å². The van der Waals surface area contributed by atoms with Crippen LogP contribution >= 0.6 is 0 Å². The summed E-state index contributed by atoms with van der Waals surface area (Å²) in [4.78, 5) is 12.2. The molecule has 0 aromatic heterocycles. The van der Waals surface area contributed by atoms with E-state index in [9.17, 15) is 4.79 Å². The topological polar surface area (TPSA) is 82.8 Å². The quantitative estimate of drug-likeness (QED) is 0.600. The molecule has 1 aliphatic rings. The maximum Gasteiger partial charge on any atom is 0.231 e. The highest BCUT2D eigenvalue weighted by Crippen LogP contribution is 2.32. The van der Waals surface area contributed by atoms with Crippen molar-refractivity contribution < 1.29 is 19.0 Å². The van der Waals surface area contributed by atoms with Gasteiger partial charge in [-0.15, -0.1) is 0 Å². The van der Waals surface area contributed by atoms with Crippen LogP contribution in [0.5, 0.6) is 17.2 Å². The smallest absolute Gasteiger partial charge is 0.231 e. The molecular weight excluding hydrogens is 308 g/mol. The minimum absolute atomic E-state index is 0.0227. The second-order valence-corrected chi connectivity index (χ2v) is 5.40. The van der Waals surface area contributed by atoms with E-state index in [-0.39, 0.29) is 19.1 Å². The fourth-order valence-electron chi connectivity index (χ4n) is 2.48. The van der Waals surface area contributed by atoms with Crippen LogP contribution in [0.4, 0.5) is 5.69 Å². The summed E-state index contributed by atoms with van der Waals surface area (Å²) in [6.45, 7) is 3.47. The third kappa shape index (κ3) is 3.60. The molecule has 24 heavy (non-hydrogen) atoms. The van der Waals surface area contributed by atoms with E-state index in [0.29, 0.717) is 30.2 Å². The summed E-state index contributed by atoms with van der Waals surface area (Å²) in [5.41, 5.74) is 7.95. The second-order valence-electron chi connectivity index (χ2n) is 5.40. The van der Waals surface area contributed by atoms with Gasteiger partial charge in [-0.25, -0.2) is 0 Å². The summed E-state index contributed by atoms with van der Waals surface area (Å²) in [5, 5.41) is 3.13. The van der Waals surface area contributed by atoms with E-state index < -0.39 is 0 Å². The van der Waals surface area contributed by atoms with Gasteiger partial charge in [-0.3, -0.25) is 4.79 Å². The van der Waals surface area contributed by atoms with Crippen LogP contribution in [0.3, 0.4) is 0 Å². The number of nitrogen functional groups attached to an aromatic ring is 1. The monoisotopic (exact) mass is 328 g/mol. The first-order valence-corrected chi connectivity index (χ1v) is 7.82. The number of rotatable bonds is 7. The Hall–Kier alpha value is -2.73. The van der Waals surface area contributed by atoms with Gasteiger partial charge in [0, 0.05) is 12.1 Å².